The number of nitro benzene ring substituents is 1. The van der Waals surface area contributed by atoms with E-state index in [1.165, 1.54) is 24.3 Å². The Bertz CT molecular complexity index is 653. The van der Waals surface area contributed by atoms with Crippen LogP contribution >= 0.6 is 11.8 Å². The van der Waals surface area contributed by atoms with Crippen LogP contribution in [0.1, 0.15) is 0 Å². The normalized spacial score (nSPS) is 11.2. The van der Waals surface area contributed by atoms with Gasteiger partial charge >= 0.3 is 0 Å². The second kappa shape index (κ2) is 6.48. The number of non-ortho nitro benzene ring substituents is 1. The van der Waals surface area contributed by atoms with E-state index in [0.29, 0.717) is 17.1 Å². The minimum atomic E-state index is -0.467. The Labute approximate surface area is 118 Å². The number of benzene rings is 2. The van der Waals surface area contributed by atoms with Gasteiger partial charge in [0.2, 0.25) is 0 Å². The molecule has 0 unspecified atom stereocenters. The number of nitro groups is 1. The predicted molar refractivity (Wildman–Crippen MR) is 74.1 cm³/mol. The molecule has 0 aliphatic rings. The van der Waals surface area contributed by atoms with Crippen molar-refractivity contribution in [1.82, 2.24) is 0 Å². The van der Waals surface area contributed by atoms with Crippen molar-refractivity contribution < 1.29 is 4.92 Å². The van der Waals surface area contributed by atoms with Gasteiger partial charge in [-0.25, -0.2) is 0 Å². The summed E-state index contributed by atoms with van der Waals surface area (Å²) < 4.78 is 3.14. The van der Waals surface area contributed by atoms with E-state index in [-0.39, 0.29) is 5.69 Å². The fourth-order valence-electron chi connectivity index (χ4n) is 1.39. The first-order valence-electron chi connectivity index (χ1n) is 5.47. The molecule has 8 heteroatoms. The summed E-state index contributed by atoms with van der Waals surface area (Å²) in [5.74, 6) is 0. The number of halogens is 1. The fraction of sp³-hybridized carbons (Fsp3) is 0. The molecule has 0 aliphatic carbocycles. The summed E-state index contributed by atoms with van der Waals surface area (Å²) in [6, 6.07) is 12.6. The van der Waals surface area contributed by atoms with Crippen LogP contribution in [0.3, 0.4) is 0 Å². The summed E-state index contributed by atoms with van der Waals surface area (Å²) in [6.07, 6.45) is 0. The largest absolute Gasteiger partial charge is 0.269 e. The molecular formula is C12H8ClN5O2. The average Bonchev–Trinajstić information content (AvgIpc) is 2.47. The lowest BCUT2D eigenvalue weighted by Gasteiger charge is -1.94. The van der Waals surface area contributed by atoms with Crippen LogP contribution < -0.4 is 0 Å². The summed E-state index contributed by atoms with van der Waals surface area (Å²) in [5.41, 5.74) is 1.77. The minimum Gasteiger partial charge on any atom is -0.258 e. The van der Waals surface area contributed by atoms with Crippen LogP contribution in [0.4, 0.5) is 22.7 Å². The third-order valence-electron chi connectivity index (χ3n) is 2.34. The van der Waals surface area contributed by atoms with Gasteiger partial charge in [0.1, 0.15) is 0 Å². The topological polar surface area (TPSA) is 92.6 Å². The average molecular weight is 290 g/mol. The first-order chi connectivity index (χ1) is 9.69. The molecule has 0 bridgehead atoms. The van der Waals surface area contributed by atoms with Gasteiger partial charge in [0.15, 0.2) is 0 Å². The van der Waals surface area contributed by atoms with Crippen molar-refractivity contribution in [1.29, 1.82) is 0 Å². The first kappa shape index (κ1) is 13.8. The molecule has 0 amide bonds. The van der Waals surface area contributed by atoms with Crippen molar-refractivity contribution in [2.45, 2.75) is 0 Å². The molecule has 100 valence electrons. The van der Waals surface area contributed by atoms with E-state index in [0.717, 1.165) is 0 Å². The van der Waals surface area contributed by atoms with E-state index in [9.17, 15) is 10.1 Å². The smallest absolute Gasteiger partial charge is 0.258 e. The molecule has 0 saturated carbocycles. The SMILES string of the molecule is O=[N+]([O-])c1ccc(N=Nc2ccc(N=NCl)cc2)cc1. The van der Waals surface area contributed by atoms with Gasteiger partial charge in [-0.2, -0.15) is 10.2 Å². The number of rotatable bonds is 4. The maximum atomic E-state index is 10.5. The standard InChI is InChI=1S/C12H8ClN5O2/c13-17-16-11-3-1-9(2-4-11)14-15-10-5-7-12(8-6-10)18(19)20/h1-8H. The van der Waals surface area contributed by atoms with Gasteiger partial charge in [-0.3, -0.25) is 10.1 Å². The summed E-state index contributed by atoms with van der Waals surface area (Å²) in [7, 11) is 0. The molecule has 0 aliphatic heterocycles. The van der Waals surface area contributed by atoms with E-state index < -0.39 is 4.92 Å². The van der Waals surface area contributed by atoms with E-state index in [1.807, 2.05) is 0 Å². The van der Waals surface area contributed by atoms with Crippen molar-refractivity contribution in [3.8, 4) is 0 Å². The number of hydrogen-bond acceptors (Lipinski definition) is 6. The second-order valence-corrected chi connectivity index (χ2v) is 3.82. The monoisotopic (exact) mass is 289 g/mol. The zero-order valence-corrected chi connectivity index (χ0v) is 10.8. The highest BCUT2D eigenvalue weighted by atomic mass is 35.5. The lowest BCUT2D eigenvalue weighted by Crippen LogP contribution is -1.85. The summed E-state index contributed by atoms with van der Waals surface area (Å²) in [5, 5.41) is 22.1. The Morgan fingerprint density at radius 3 is 1.60 bits per heavy atom. The molecule has 0 aromatic heterocycles. The molecule has 0 fully saturated rings. The predicted octanol–water partition coefficient (Wildman–Crippen LogP) is 5.25. The van der Waals surface area contributed by atoms with E-state index >= 15 is 0 Å². The van der Waals surface area contributed by atoms with Gasteiger partial charge in [0, 0.05) is 12.1 Å². The molecule has 0 spiro atoms. The van der Waals surface area contributed by atoms with Crippen molar-refractivity contribution in [3.63, 3.8) is 0 Å². The van der Waals surface area contributed by atoms with Crippen LogP contribution in [-0.4, -0.2) is 4.92 Å². The number of nitrogens with zero attached hydrogens (tertiary/aromatic N) is 5. The van der Waals surface area contributed by atoms with E-state index in [1.54, 1.807) is 24.3 Å². The lowest BCUT2D eigenvalue weighted by atomic mass is 10.3. The Kier molecular flexibility index (Phi) is 4.46. The summed E-state index contributed by atoms with van der Waals surface area (Å²) in [4.78, 5) is 10.0. The van der Waals surface area contributed by atoms with Crippen molar-refractivity contribution in [2.24, 2.45) is 20.0 Å². The maximum Gasteiger partial charge on any atom is 0.269 e. The Balaban J connectivity index is 2.10. The molecule has 0 heterocycles. The third-order valence-corrected chi connectivity index (χ3v) is 2.42. The molecule has 0 radical (unpaired) electrons. The van der Waals surface area contributed by atoms with Gasteiger partial charge in [-0.1, -0.05) is 4.63 Å². The van der Waals surface area contributed by atoms with E-state index in [4.69, 9.17) is 11.8 Å². The minimum absolute atomic E-state index is 0.0136. The quantitative estimate of drug-likeness (QED) is 0.437. The van der Waals surface area contributed by atoms with Crippen LogP contribution in [0.5, 0.6) is 0 Å². The van der Waals surface area contributed by atoms with Crippen molar-refractivity contribution in [3.05, 3.63) is 58.6 Å². The maximum absolute atomic E-state index is 10.5. The number of hydrogen-bond donors (Lipinski definition) is 0. The summed E-state index contributed by atoms with van der Waals surface area (Å²) >= 11 is 5.12. The lowest BCUT2D eigenvalue weighted by molar-refractivity contribution is -0.384. The summed E-state index contributed by atoms with van der Waals surface area (Å²) in [6.45, 7) is 0. The van der Waals surface area contributed by atoms with Crippen LogP contribution in [0, 0.1) is 10.1 Å². The fourth-order valence-corrected chi connectivity index (χ4v) is 1.47. The van der Waals surface area contributed by atoms with Gasteiger partial charge in [-0.15, -0.1) is 5.11 Å². The zero-order chi connectivity index (χ0) is 14.4. The highest BCUT2D eigenvalue weighted by Crippen LogP contribution is 2.23. The molecule has 0 atom stereocenters. The molecule has 2 rings (SSSR count). The van der Waals surface area contributed by atoms with Gasteiger partial charge in [0.05, 0.1) is 33.8 Å². The molecule has 0 N–H and O–H groups in total. The Morgan fingerprint density at radius 2 is 1.20 bits per heavy atom. The molecule has 2 aromatic carbocycles. The molecule has 7 nitrogen and oxygen atoms in total. The van der Waals surface area contributed by atoms with Crippen LogP contribution in [0.15, 0.2) is 68.5 Å². The molecule has 20 heavy (non-hydrogen) atoms. The number of azo groups is 1. The van der Waals surface area contributed by atoms with Crippen molar-refractivity contribution in [2.75, 3.05) is 0 Å². The third kappa shape index (κ3) is 3.66. The van der Waals surface area contributed by atoms with Gasteiger partial charge in [-0.05, 0) is 36.4 Å². The van der Waals surface area contributed by atoms with Crippen LogP contribution in [-0.2, 0) is 0 Å². The molecular weight excluding hydrogens is 282 g/mol. The van der Waals surface area contributed by atoms with Gasteiger partial charge in [0.25, 0.3) is 5.69 Å². The van der Waals surface area contributed by atoms with E-state index in [2.05, 4.69) is 20.0 Å². The molecule has 0 saturated heterocycles. The van der Waals surface area contributed by atoms with Crippen LogP contribution in [0.2, 0.25) is 0 Å². The zero-order valence-electron chi connectivity index (χ0n) is 10.0. The Hall–Kier alpha value is -2.67. The van der Waals surface area contributed by atoms with Crippen LogP contribution in [0.25, 0.3) is 0 Å². The van der Waals surface area contributed by atoms with Gasteiger partial charge < -0.3 is 0 Å². The second-order valence-electron chi connectivity index (χ2n) is 3.67. The Morgan fingerprint density at radius 1 is 0.800 bits per heavy atom. The molecule has 2 aromatic rings. The van der Waals surface area contributed by atoms with Crippen molar-refractivity contribution >= 4 is 34.5 Å². The first-order valence-corrected chi connectivity index (χ1v) is 5.81. The highest BCUT2D eigenvalue weighted by Gasteiger charge is 2.02. The highest BCUT2D eigenvalue weighted by molar-refractivity contribution is 6.14.